The van der Waals surface area contributed by atoms with Crippen LogP contribution in [0.3, 0.4) is 0 Å². The molecule has 0 aliphatic carbocycles. The Morgan fingerprint density at radius 2 is 1.74 bits per heavy atom. The lowest BCUT2D eigenvalue weighted by Crippen LogP contribution is -2.45. The van der Waals surface area contributed by atoms with Crippen LogP contribution in [-0.4, -0.2) is 55.6 Å². The zero-order chi connectivity index (χ0) is 27.8. The number of likely N-dealkylation sites (N-methyl/N-ethyl adjacent to an activating group) is 1. The summed E-state index contributed by atoms with van der Waals surface area (Å²) in [7, 11) is 2.13. The average Bonchev–Trinajstić information content (AvgIpc) is 2.92. The normalized spacial score (nSPS) is 14.1. The fraction of sp³-hybridized carbons (Fsp3) is 0.438. The quantitative estimate of drug-likeness (QED) is 0.354. The predicted molar refractivity (Wildman–Crippen MR) is 156 cm³/mol. The number of carbonyl (C=O) groups excluding carboxylic acids is 1. The summed E-state index contributed by atoms with van der Waals surface area (Å²) in [6, 6.07) is 17.1. The number of nitrogens with one attached hydrogen (secondary N) is 1. The lowest BCUT2D eigenvalue weighted by atomic mass is 10.0. The molecule has 0 saturated carbocycles. The Kier molecular flexibility index (Phi) is 9.93. The van der Waals surface area contributed by atoms with Gasteiger partial charge in [-0.2, -0.15) is 0 Å². The fourth-order valence-electron chi connectivity index (χ4n) is 4.81. The number of carbonyl (C=O) groups is 1. The summed E-state index contributed by atoms with van der Waals surface area (Å²) in [6.07, 6.45) is 2.00. The van der Waals surface area contributed by atoms with Gasteiger partial charge in [0.15, 0.2) is 0 Å². The monoisotopic (exact) mass is 532 g/mol. The van der Waals surface area contributed by atoms with Crippen LogP contribution < -0.4 is 15.0 Å². The van der Waals surface area contributed by atoms with Crippen LogP contribution in [0.4, 0.5) is 10.2 Å². The van der Waals surface area contributed by atoms with Gasteiger partial charge in [-0.05, 0) is 85.8 Å². The molecule has 1 fully saturated rings. The van der Waals surface area contributed by atoms with E-state index in [1.54, 1.807) is 6.07 Å². The van der Waals surface area contributed by atoms with Crippen LogP contribution >= 0.6 is 0 Å². The number of hydrogen-bond acceptors (Lipinski definition) is 5. The van der Waals surface area contributed by atoms with E-state index in [9.17, 15) is 9.18 Å². The van der Waals surface area contributed by atoms with Crippen molar-refractivity contribution in [2.24, 2.45) is 5.92 Å². The summed E-state index contributed by atoms with van der Waals surface area (Å²) in [5.41, 5.74) is 4.57. The van der Waals surface area contributed by atoms with Gasteiger partial charge in [-0.25, -0.2) is 9.37 Å². The Balaban J connectivity index is 1.47. The van der Waals surface area contributed by atoms with E-state index in [0.717, 1.165) is 72.8 Å². The molecule has 1 aromatic heterocycles. The van der Waals surface area contributed by atoms with E-state index in [0.29, 0.717) is 24.8 Å². The molecule has 0 bridgehead atoms. The van der Waals surface area contributed by atoms with Crippen LogP contribution in [-0.2, 0) is 24.2 Å². The van der Waals surface area contributed by atoms with Crippen molar-refractivity contribution in [2.75, 3.05) is 44.7 Å². The third-order valence-corrected chi connectivity index (χ3v) is 7.07. The number of aryl methyl sites for hydroxylation is 1. The van der Waals surface area contributed by atoms with Crippen molar-refractivity contribution in [1.29, 1.82) is 0 Å². The first kappa shape index (κ1) is 28.6. The predicted octanol–water partition coefficient (Wildman–Crippen LogP) is 5.49. The Hall–Kier alpha value is -3.45. The van der Waals surface area contributed by atoms with Gasteiger partial charge in [-0.15, -0.1) is 0 Å². The maximum Gasteiger partial charge on any atom is 0.226 e. The van der Waals surface area contributed by atoms with Gasteiger partial charge in [0, 0.05) is 38.3 Å². The number of benzene rings is 2. The molecule has 1 saturated heterocycles. The highest BCUT2D eigenvalue weighted by Crippen LogP contribution is 2.31. The van der Waals surface area contributed by atoms with E-state index in [2.05, 4.69) is 54.2 Å². The third-order valence-electron chi connectivity index (χ3n) is 7.07. The van der Waals surface area contributed by atoms with Gasteiger partial charge >= 0.3 is 0 Å². The largest absolute Gasteiger partial charge is 0.494 e. The molecule has 0 spiro atoms. The van der Waals surface area contributed by atoms with E-state index in [-0.39, 0.29) is 18.1 Å². The number of nitrogens with zero attached hydrogens (tertiary/aromatic N) is 3. The van der Waals surface area contributed by atoms with Crippen molar-refractivity contribution in [3.05, 3.63) is 77.2 Å². The lowest BCUT2D eigenvalue weighted by molar-refractivity contribution is -0.120. The Morgan fingerprint density at radius 3 is 2.44 bits per heavy atom. The van der Waals surface area contributed by atoms with Gasteiger partial charge in [0.2, 0.25) is 5.91 Å². The number of aromatic nitrogens is 1. The summed E-state index contributed by atoms with van der Waals surface area (Å²) in [5.74, 6) is 1.91. The van der Waals surface area contributed by atoms with E-state index in [4.69, 9.17) is 9.72 Å². The third kappa shape index (κ3) is 8.27. The first-order chi connectivity index (χ1) is 18.8. The molecule has 2 aromatic carbocycles. The summed E-state index contributed by atoms with van der Waals surface area (Å²) >= 11 is 0. The fourth-order valence-corrected chi connectivity index (χ4v) is 4.81. The van der Waals surface area contributed by atoms with Crippen LogP contribution in [0.2, 0.25) is 0 Å². The van der Waals surface area contributed by atoms with Crippen molar-refractivity contribution in [3.63, 3.8) is 0 Å². The molecule has 0 radical (unpaired) electrons. The number of amides is 1. The summed E-state index contributed by atoms with van der Waals surface area (Å²) in [4.78, 5) is 22.5. The van der Waals surface area contributed by atoms with Crippen LogP contribution in [0.1, 0.15) is 44.0 Å². The van der Waals surface area contributed by atoms with Gasteiger partial charge < -0.3 is 19.9 Å². The van der Waals surface area contributed by atoms with Crippen molar-refractivity contribution in [1.82, 2.24) is 15.2 Å². The molecule has 1 N–H and O–H groups in total. The molecule has 208 valence electrons. The topological polar surface area (TPSA) is 57.7 Å². The molecule has 4 rings (SSSR count). The number of piperazine rings is 1. The molecule has 0 unspecified atom stereocenters. The zero-order valence-corrected chi connectivity index (χ0v) is 23.7. The van der Waals surface area contributed by atoms with E-state index in [1.165, 1.54) is 6.07 Å². The highest BCUT2D eigenvalue weighted by atomic mass is 19.1. The number of hydrogen-bond donors (Lipinski definition) is 1. The summed E-state index contributed by atoms with van der Waals surface area (Å²) in [6.45, 7) is 10.9. The maximum atomic E-state index is 14.2. The minimum Gasteiger partial charge on any atom is -0.494 e. The average molecular weight is 533 g/mol. The number of rotatable bonds is 11. The molecule has 39 heavy (non-hydrogen) atoms. The van der Waals surface area contributed by atoms with Crippen LogP contribution in [0, 0.1) is 11.7 Å². The molecule has 6 nitrogen and oxygen atoms in total. The van der Waals surface area contributed by atoms with E-state index >= 15 is 0 Å². The second-order valence-electron chi connectivity index (χ2n) is 10.8. The van der Waals surface area contributed by atoms with Crippen molar-refractivity contribution in [2.45, 2.75) is 46.6 Å². The highest BCUT2D eigenvalue weighted by molar-refractivity contribution is 5.80. The SMILES string of the molecule is CCOc1ccc(-c2ccc(CC(=O)NCc3cc(F)cc(CCC(C)C)c3)nc2N2CCN(C)CC2)cc1. The molecule has 2 heterocycles. The standard InChI is InChI=1S/C32H41FN4O2/c1-5-39-29-11-8-26(9-12-29)30-13-10-28(35-32(30)37-16-14-36(4)15-17-37)21-31(38)34-22-25-18-24(7-6-23(2)3)19-27(33)20-25/h8-13,18-20,23H,5-7,14-17,21-22H2,1-4H3,(H,34,38). The maximum absolute atomic E-state index is 14.2. The first-order valence-electron chi connectivity index (χ1n) is 14.0. The smallest absolute Gasteiger partial charge is 0.226 e. The number of anilines is 1. The zero-order valence-electron chi connectivity index (χ0n) is 23.7. The highest BCUT2D eigenvalue weighted by Gasteiger charge is 2.20. The van der Waals surface area contributed by atoms with Crippen LogP contribution in [0.25, 0.3) is 11.1 Å². The van der Waals surface area contributed by atoms with Gasteiger partial charge in [-0.1, -0.05) is 32.0 Å². The Morgan fingerprint density at radius 1 is 1.03 bits per heavy atom. The molecule has 1 amide bonds. The molecular weight excluding hydrogens is 491 g/mol. The van der Waals surface area contributed by atoms with Crippen molar-refractivity contribution >= 4 is 11.7 Å². The van der Waals surface area contributed by atoms with Crippen molar-refractivity contribution < 1.29 is 13.9 Å². The molecule has 1 aliphatic heterocycles. The van der Waals surface area contributed by atoms with Gasteiger partial charge in [0.1, 0.15) is 17.4 Å². The van der Waals surface area contributed by atoms with Gasteiger partial charge in [0.25, 0.3) is 0 Å². The lowest BCUT2D eigenvalue weighted by Gasteiger charge is -2.34. The second-order valence-corrected chi connectivity index (χ2v) is 10.8. The van der Waals surface area contributed by atoms with Crippen LogP contribution in [0.15, 0.2) is 54.6 Å². The minimum atomic E-state index is -0.260. The molecule has 0 atom stereocenters. The number of halogens is 1. The van der Waals surface area contributed by atoms with E-state index in [1.807, 2.05) is 31.2 Å². The van der Waals surface area contributed by atoms with Gasteiger partial charge in [-0.3, -0.25) is 4.79 Å². The van der Waals surface area contributed by atoms with Crippen LogP contribution in [0.5, 0.6) is 5.75 Å². The second kappa shape index (κ2) is 13.6. The minimum absolute atomic E-state index is 0.131. The molecule has 7 heteroatoms. The van der Waals surface area contributed by atoms with E-state index < -0.39 is 0 Å². The summed E-state index contributed by atoms with van der Waals surface area (Å²) < 4.78 is 19.8. The Labute approximate surface area is 232 Å². The summed E-state index contributed by atoms with van der Waals surface area (Å²) in [5, 5.41) is 2.96. The van der Waals surface area contributed by atoms with Crippen molar-refractivity contribution in [3.8, 4) is 16.9 Å². The molecule has 1 aliphatic rings. The molecular formula is C32H41FN4O2. The van der Waals surface area contributed by atoms with Gasteiger partial charge in [0.05, 0.1) is 18.7 Å². The first-order valence-corrected chi connectivity index (χ1v) is 14.0. The number of ether oxygens (including phenoxy) is 1. The number of pyridine rings is 1. The molecule has 3 aromatic rings. The Bertz CT molecular complexity index is 1240.